The van der Waals surface area contributed by atoms with Crippen molar-refractivity contribution in [3.63, 3.8) is 0 Å². The second-order valence-electron chi connectivity index (χ2n) is 10.7. The fraction of sp³-hybridized carbons (Fsp3) is 0.471. The van der Waals surface area contributed by atoms with E-state index < -0.39 is 0 Å². The van der Waals surface area contributed by atoms with Gasteiger partial charge < -0.3 is 34.6 Å². The molecule has 0 saturated heterocycles. The maximum Gasteiger partial charge on any atom is 0.255 e. The highest BCUT2D eigenvalue weighted by molar-refractivity contribution is 6.07. The van der Waals surface area contributed by atoms with Gasteiger partial charge in [0.2, 0.25) is 0 Å². The van der Waals surface area contributed by atoms with Crippen LogP contribution < -0.4 is 43.7 Å². The van der Waals surface area contributed by atoms with Crippen LogP contribution in [0, 0.1) is 0 Å². The van der Waals surface area contributed by atoms with Gasteiger partial charge in [0.15, 0.2) is 24.8 Å². The number of anilines is 2. The Morgan fingerprint density at radius 1 is 0.512 bits per heavy atom. The molecule has 2 heterocycles. The summed E-state index contributed by atoms with van der Waals surface area (Å²) in [5, 5.41) is 5.88. The van der Waals surface area contributed by atoms with E-state index in [9.17, 15) is 9.59 Å². The van der Waals surface area contributed by atoms with Gasteiger partial charge in [-0.15, -0.1) is 0 Å². The average molecular weight is 672 g/mol. The van der Waals surface area contributed by atoms with E-state index in [0.717, 1.165) is 24.5 Å². The van der Waals surface area contributed by atoms with E-state index in [1.807, 2.05) is 49.1 Å². The molecule has 0 radical (unpaired) electrons. The fourth-order valence-corrected chi connectivity index (χ4v) is 4.71. The normalized spacial score (nSPS) is 10.6. The molecule has 2 aromatic heterocycles. The number of nitrogens with one attached hydrogen (secondary N) is 2. The van der Waals surface area contributed by atoms with Crippen LogP contribution in [0.4, 0.5) is 11.4 Å². The number of nitrogens with zero attached hydrogens (tertiary/aromatic N) is 2. The largest absolute Gasteiger partial charge is 1.00 e. The van der Waals surface area contributed by atoms with Crippen LogP contribution in [0.25, 0.3) is 0 Å². The highest BCUT2D eigenvalue weighted by Crippen LogP contribution is 2.12. The Kier molecular flexibility index (Phi) is 16.9. The Morgan fingerprint density at radius 3 is 1.17 bits per heavy atom. The molecule has 3 rings (SSSR count). The van der Waals surface area contributed by atoms with Crippen molar-refractivity contribution < 1.29 is 42.7 Å². The van der Waals surface area contributed by atoms with Crippen LogP contribution in [0.1, 0.15) is 112 Å². The molecule has 2 amide bonds. The number of unbranched alkanes of at least 4 members (excludes halogenated alkanes) is 10. The van der Waals surface area contributed by atoms with Gasteiger partial charge in [-0.3, -0.25) is 9.59 Å². The van der Waals surface area contributed by atoms with Crippen molar-refractivity contribution in [2.24, 2.45) is 0 Å². The van der Waals surface area contributed by atoms with Gasteiger partial charge in [0.1, 0.15) is 13.1 Å². The smallest absolute Gasteiger partial charge is 0.255 e. The molecule has 0 saturated carbocycles. The molecular weight excluding hydrogens is 623 g/mol. The minimum absolute atomic E-state index is 0. The first-order valence-corrected chi connectivity index (χ1v) is 15.3. The summed E-state index contributed by atoms with van der Waals surface area (Å²) in [4.78, 5) is 25.4. The summed E-state index contributed by atoms with van der Waals surface area (Å²) in [7, 11) is 0. The summed E-state index contributed by atoms with van der Waals surface area (Å²) in [5.41, 5.74) is 2.53. The topological polar surface area (TPSA) is 66.0 Å². The van der Waals surface area contributed by atoms with Crippen LogP contribution in [-0.4, -0.2) is 11.8 Å². The minimum atomic E-state index is -0.196. The molecule has 222 valence electrons. The molecular formula is C34H48IN4O2+. The van der Waals surface area contributed by atoms with E-state index >= 15 is 0 Å². The van der Waals surface area contributed by atoms with Gasteiger partial charge >= 0.3 is 0 Å². The molecule has 41 heavy (non-hydrogen) atoms. The van der Waals surface area contributed by atoms with E-state index in [2.05, 4.69) is 33.6 Å². The minimum Gasteiger partial charge on any atom is -1.00 e. The maximum atomic E-state index is 12.7. The molecule has 0 unspecified atom stereocenters. The molecule has 1 aromatic carbocycles. The molecule has 2 N–H and O–H groups in total. The number of rotatable bonds is 18. The van der Waals surface area contributed by atoms with Gasteiger partial charge in [-0.1, -0.05) is 65.2 Å². The summed E-state index contributed by atoms with van der Waals surface area (Å²) in [5.74, 6) is -0.391. The molecule has 0 bridgehead atoms. The molecule has 0 aliphatic carbocycles. The van der Waals surface area contributed by atoms with Crippen molar-refractivity contribution in [3.8, 4) is 0 Å². The van der Waals surface area contributed by atoms with Gasteiger partial charge in [-0.25, -0.2) is 9.13 Å². The number of carbonyl (C=O) groups excluding carboxylic acids is 2. The summed E-state index contributed by atoms with van der Waals surface area (Å²) < 4.78 is 4.31. The Labute approximate surface area is 264 Å². The third-order valence-electron chi connectivity index (χ3n) is 7.25. The second kappa shape index (κ2) is 20.1. The Hall–Kier alpha value is -2.81. The number of halogens is 1. The first-order valence-electron chi connectivity index (χ1n) is 15.3. The van der Waals surface area contributed by atoms with E-state index in [-0.39, 0.29) is 35.8 Å². The van der Waals surface area contributed by atoms with Gasteiger partial charge in [-0.05, 0) is 37.1 Å². The van der Waals surface area contributed by atoms with Gasteiger partial charge in [-0.2, -0.15) is 0 Å². The Bertz CT molecular complexity index is 1060. The zero-order chi connectivity index (χ0) is 28.4. The van der Waals surface area contributed by atoms with Crippen LogP contribution >= 0.6 is 0 Å². The zero-order valence-corrected chi connectivity index (χ0v) is 27.1. The lowest BCUT2D eigenvalue weighted by atomic mass is 10.1. The Balaban J connectivity index is 0.00000588. The average Bonchev–Trinajstić information content (AvgIpc) is 2.98. The fourth-order valence-electron chi connectivity index (χ4n) is 4.71. The Morgan fingerprint density at radius 2 is 0.829 bits per heavy atom. The molecule has 0 atom stereocenters. The number of benzene rings is 1. The number of hydrogen-bond acceptors (Lipinski definition) is 2. The second-order valence-corrected chi connectivity index (χ2v) is 10.7. The summed E-state index contributed by atoms with van der Waals surface area (Å²) in [6.45, 7) is 6.46. The standard InChI is InChI=1S/C34H46N4O2.HI/c1-3-5-7-9-11-13-23-37-25-19-31(20-26-37)35-33(39)29-15-17-30(18-16-29)34(40)36-32-21-27-38(28-22-32)24-14-12-10-8-6-4-2;/h15-22,25-28H,3-14,23-24H2,1-2H3;1H/p+1. The molecule has 0 fully saturated rings. The van der Waals surface area contributed by atoms with E-state index in [1.54, 1.807) is 24.3 Å². The third-order valence-corrected chi connectivity index (χ3v) is 7.25. The summed E-state index contributed by atoms with van der Waals surface area (Å²) in [6, 6.07) is 14.4. The van der Waals surface area contributed by atoms with Crippen LogP contribution in [-0.2, 0) is 13.1 Å². The summed E-state index contributed by atoms with van der Waals surface area (Å²) in [6.07, 6.45) is 23.3. The van der Waals surface area contributed by atoms with Crippen molar-refractivity contribution in [1.82, 2.24) is 0 Å². The molecule has 6 nitrogen and oxygen atoms in total. The molecule has 3 aromatic rings. The predicted octanol–water partition coefficient (Wildman–Crippen LogP) is 4.49. The van der Waals surface area contributed by atoms with Crippen molar-refractivity contribution in [2.75, 3.05) is 10.6 Å². The van der Waals surface area contributed by atoms with E-state index in [1.165, 1.54) is 77.0 Å². The lowest BCUT2D eigenvalue weighted by Crippen LogP contribution is -3.00. The molecule has 0 aliphatic heterocycles. The van der Waals surface area contributed by atoms with Crippen molar-refractivity contribution >= 4 is 23.2 Å². The van der Waals surface area contributed by atoms with Crippen LogP contribution in [0.2, 0.25) is 0 Å². The lowest BCUT2D eigenvalue weighted by Gasteiger charge is -2.07. The van der Waals surface area contributed by atoms with Crippen molar-refractivity contribution in [3.05, 3.63) is 84.4 Å². The number of pyridine rings is 2. The first-order chi connectivity index (χ1) is 19.6. The first kappa shape index (κ1) is 34.4. The van der Waals surface area contributed by atoms with Crippen LogP contribution in [0.15, 0.2) is 73.3 Å². The van der Waals surface area contributed by atoms with E-state index in [0.29, 0.717) is 11.1 Å². The zero-order valence-electron chi connectivity index (χ0n) is 24.9. The van der Waals surface area contributed by atoms with Crippen molar-refractivity contribution in [1.29, 1.82) is 0 Å². The molecule has 7 heteroatoms. The lowest BCUT2D eigenvalue weighted by molar-refractivity contribution is -0.697. The summed E-state index contributed by atoms with van der Waals surface area (Å²) >= 11 is 0. The number of aromatic nitrogens is 2. The monoisotopic (exact) mass is 671 g/mol. The molecule has 0 aliphatic rings. The van der Waals surface area contributed by atoms with Crippen LogP contribution in [0.5, 0.6) is 0 Å². The maximum absolute atomic E-state index is 12.7. The SMILES string of the molecule is CCCCCCCC[n+]1ccc(NC(=O)c2ccc(C(=O)Nc3cc[n+](CCCCCCCC)cc3)cc2)cc1.[I-]. The highest BCUT2D eigenvalue weighted by Gasteiger charge is 2.11. The predicted molar refractivity (Wildman–Crippen MR) is 162 cm³/mol. The van der Waals surface area contributed by atoms with Crippen LogP contribution in [0.3, 0.4) is 0 Å². The number of hydrogen-bond donors (Lipinski definition) is 2. The van der Waals surface area contributed by atoms with Crippen molar-refractivity contribution in [2.45, 2.75) is 104 Å². The number of carbonyl (C=O) groups is 2. The van der Waals surface area contributed by atoms with E-state index in [4.69, 9.17) is 0 Å². The number of aryl methyl sites for hydroxylation is 2. The quantitative estimate of drug-likeness (QED) is 0.119. The number of amides is 2. The van der Waals surface area contributed by atoms with Gasteiger partial charge in [0.25, 0.3) is 11.8 Å². The third kappa shape index (κ3) is 13.1. The highest BCUT2D eigenvalue weighted by atomic mass is 127. The van der Waals surface area contributed by atoms with Gasteiger partial charge in [0, 0.05) is 48.2 Å². The molecule has 0 spiro atoms. The van der Waals surface area contributed by atoms with Gasteiger partial charge in [0.05, 0.1) is 11.4 Å².